The number of para-hydroxylation sites is 5. The van der Waals surface area contributed by atoms with E-state index in [1.165, 1.54) is 71.2 Å². The molecule has 0 saturated heterocycles. The lowest BCUT2D eigenvalue weighted by Crippen LogP contribution is -2.10. The molecule has 0 amide bonds. The molecule has 0 saturated carbocycles. The van der Waals surface area contributed by atoms with Gasteiger partial charge in [0.15, 0.2) is 0 Å². The lowest BCUT2D eigenvalue weighted by atomic mass is 9.95. The molecule has 11 aromatic rings. The van der Waals surface area contributed by atoms with Crippen LogP contribution < -0.4 is 4.90 Å². The molecular formula is C52H35N3. The Balaban J connectivity index is 1.06. The molecule has 2 aromatic heterocycles. The molecule has 9 aromatic carbocycles. The van der Waals surface area contributed by atoms with Gasteiger partial charge in [0.25, 0.3) is 0 Å². The molecule has 0 aliphatic heterocycles. The van der Waals surface area contributed by atoms with Crippen LogP contribution in [-0.2, 0) is 0 Å². The fraction of sp³-hybridized carbons (Fsp3) is 0. The molecular weight excluding hydrogens is 667 g/mol. The molecule has 0 unspecified atom stereocenters. The maximum absolute atomic E-state index is 2.39. The molecule has 0 atom stereocenters. The van der Waals surface area contributed by atoms with Crippen LogP contribution in [0.5, 0.6) is 0 Å². The SMILES string of the molecule is c1ccc(N(c2ccc(-n3c4ccccc4c4ccccc43)cc2)c2ccc(-c3ccc4c(c3)c3ccccc3n4-c3ccccc3)c3ccccc23)cc1. The zero-order valence-electron chi connectivity index (χ0n) is 30.0. The molecule has 0 bridgehead atoms. The monoisotopic (exact) mass is 701 g/mol. The van der Waals surface area contributed by atoms with E-state index in [1.54, 1.807) is 0 Å². The van der Waals surface area contributed by atoms with Crippen molar-refractivity contribution in [3.63, 3.8) is 0 Å². The molecule has 0 radical (unpaired) electrons. The third-order valence-electron chi connectivity index (χ3n) is 11.1. The van der Waals surface area contributed by atoms with E-state index >= 15 is 0 Å². The van der Waals surface area contributed by atoms with Crippen LogP contribution in [0, 0.1) is 0 Å². The van der Waals surface area contributed by atoms with E-state index < -0.39 is 0 Å². The molecule has 0 aliphatic carbocycles. The normalized spacial score (nSPS) is 11.6. The Bertz CT molecular complexity index is 3140. The van der Waals surface area contributed by atoms with Crippen LogP contribution in [0.2, 0.25) is 0 Å². The fourth-order valence-corrected chi connectivity index (χ4v) is 8.68. The Hall–Kier alpha value is -7.36. The molecule has 3 heteroatoms. The summed E-state index contributed by atoms with van der Waals surface area (Å²) in [4.78, 5) is 2.39. The molecule has 55 heavy (non-hydrogen) atoms. The zero-order valence-corrected chi connectivity index (χ0v) is 30.0. The van der Waals surface area contributed by atoms with Gasteiger partial charge < -0.3 is 14.0 Å². The summed E-state index contributed by atoms with van der Waals surface area (Å²) in [7, 11) is 0. The first kappa shape index (κ1) is 31.2. The predicted molar refractivity (Wildman–Crippen MR) is 233 cm³/mol. The quantitative estimate of drug-likeness (QED) is 0.168. The maximum Gasteiger partial charge on any atom is 0.0541 e. The zero-order chi connectivity index (χ0) is 36.3. The van der Waals surface area contributed by atoms with E-state index in [2.05, 4.69) is 226 Å². The number of anilines is 3. The molecule has 0 fully saturated rings. The van der Waals surface area contributed by atoms with E-state index in [-0.39, 0.29) is 0 Å². The average molecular weight is 702 g/mol. The summed E-state index contributed by atoms with van der Waals surface area (Å²) < 4.78 is 4.75. The third kappa shape index (κ3) is 4.98. The Morgan fingerprint density at radius 3 is 1.36 bits per heavy atom. The van der Waals surface area contributed by atoms with Crippen molar-refractivity contribution in [2.45, 2.75) is 0 Å². The van der Waals surface area contributed by atoms with Crippen molar-refractivity contribution in [2.75, 3.05) is 4.90 Å². The van der Waals surface area contributed by atoms with E-state index in [0.29, 0.717) is 0 Å². The van der Waals surface area contributed by atoms with Crippen LogP contribution in [0.1, 0.15) is 0 Å². The number of nitrogens with zero attached hydrogens (tertiary/aromatic N) is 3. The predicted octanol–water partition coefficient (Wildman–Crippen LogP) is 14.2. The van der Waals surface area contributed by atoms with Crippen LogP contribution in [-0.4, -0.2) is 9.13 Å². The molecule has 11 rings (SSSR count). The Kier molecular flexibility index (Phi) is 7.17. The highest BCUT2D eigenvalue weighted by molar-refractivity contribution is 6.13. The average Bonchev–Trinajstić information content (AvgIpc) is 3.77. The molecule has 258 valence electrons. The van der Waals surface area contributed by atoms with Crippen LogP contribution in [0.4, 0.5) is 17.1 Å². The van der Waals surface area contributed by atoms with Crippen LogP contribution >= 0.6 is 0 Å². The van der Waals surface area contributed by atoms with E-state index in [0.717, 1.165) is 22.7 Å². The topological polar surface area (TPSA) is 13.1 Å². The van der Waals surface area contributed by atoms with Crippen molar-refractivity contribution >= 4 is 71.4 Å². The van der Waals surface area contributed by atoms with Crippen LogP contribution in [0.25, 0.3) is 76.9 Å². The number of hydrogen-bond acceptors (Lipinski definition) is 1. The van der Waals surface area contributed by atoms with Crippen molar-refractivity contribution in [1.29, 1.82) is 0 Å². The van der Waals surface area contributed by atoms with E-state index in [9.17, 15) is 0 Å². The second-order valence-electron chi connectivity index (χ2n) is 14.2. The first-order valence-corrected chi connectivity index (χ1v) is 18.9. The Morgan fingerprint density at radius 2 is 0.745 bits per heavy atom. The van der Waals surface area contributed by atoms with Gasteiger partial charge in [0.1, 0.15) is 0 Å². The largest absolute Gasteiger partial charge is 0.310 e. The smallest absolute Gasteiger partial charge is 0.0541 e. The minimum Gasteiger partial charge on any atom is -0.310 e. The highest BCUT2D eigenvalue weighted by Gasteiger charge is 2.19. The summed E-state index contributed by atoms with van der Waals surface area (Å²) in [5.41, 5.74) is 12.9. The maximum atomic E-state index is 2.39. The second kappa shape index (κ2) is 12.6. The van der Waals surface area contributed by atoms with Gasteiger partial charge >= 0.3 is 0 Å². The highest BCUT2D eigenvalue weighted by Crippen LogP contribution is 2.43. The molecule has 0 N–H and O–H groups in total. The first-order chi connectivity index (χ1) is 27.3. The van der Waals surface area contributed by atoms with Gasteiger partial charge in [-0.3, -0.25) is 0 Å². The number of hydrogen-bond donors (Lipinski definition) is 0. The van der Waals surface area contributed by atoms with Gasteiger partial charge in [-0.15, -0.1) is 0 Å². The summed E-state index contributed by atoms with van der Waals surface area (Å²) >= 11 is 0. The summed E-state index contributed by atoms with van der Waals surface area (Å²) in [5, 5.41) is 7.45. The van der Waals surface area contributed by atoms with E-state index in [4.69, 9.17) is 0 Å². The Morgan fingerprint density at radius 1 is 0.291 bits per heavy atom. The summed E-state index contributed by atoms with van der Waals surface area (Å²) in [6.07, 6.45) is 0. The van der Waals surface area contributed by atoms with Crippen molar-refractivity contribution in [3.8, 4) is 22.5 Å². The van der Waals surface area contributed by atoms with Crippen molar-refractivity contribution < 1.29 is 0 Å². The summed E-state index contributed by atoms with van der Waals surface area (Å²) in [6.45, 7) is 0. The molecule has 0 spiro atoms. The van der Waals surface area contributed by atoms with Crippen LogP contribution in [0.3, 0.4) is 0 Å². The molecule has 0 aliphatic rings. The first-order valence-electron chi connectivity index (χ1n) is 18.9. The van der Waals surface area contributed by atoms with Gasteiger partial charge in [-0.05, 0) is 101 Å². The minimum absolute atomic E-state index is 1.10. The Labute approximate surface area is 319 Å². The molecule has 2 heterocycles. The van der Waals surface area contributed by atoms with Crippen molar-refractivity contribution in [3.05, 3.63) is 212 Å². The van der Waals surface area contributed by atoms with Crippen LogP contribution in [0.15, 0.2) is 212 Å². The van der Waals surface area contributed by atoms with Crippen molar-refractivity contribution in [1.82, 2.24) is 9.13 Å². The lowest BCUT2D eigenvalue weighted by molar-refractivity contribution is 1.17. The third-order valence-corrected chi connectivity index (χ3v) is 11.1. The number of aromatic nitrogens is 2. The number of benzene rings is 9. The standard InChI is InChI=1S/C52H35N3/c1-3-15-37(16-4-1)53(39-28-30-40(31-29-39)55-48-24-12-9-21-44(48)45-22-10-13-25-49(45)55)51-34-32-41(42-19-7-8-20-43(42)51)36-27-33-52-47(35-36)46-23-11-14-26-50(46)54(52)38-17-5-2-6-18-38/h1-35H. The van der Waals surface area contributed by atoms with Gasteiger partial charge in [-0.25, -0.2) is 0 Å². The molecule has 3 nitrogen and oxygen atoms in total. The minimum atomic E-state index is 1.10. The van der Waals surface area contributed by atoms with Crippen molar-refractivity contribution in [2.24, 2.45) is 0 Å². The number of fused-ring (bicyclic) bond motifs is 7. The summed E-state index contributed by atoms with van der Waals surface area (Å²) in [5.74, 6) is 0. The second-order valence-corrected chi connectivity index (χ2v) is 14.2. The van der Waals surface area contributed by atoms with Gasteiger partial charge in [0.05, 0.1) is 27.8 Å². The fourth-order valence-electron chi connectivity index (χ4n) is 8.68. The lowest BCUT2D eigenvalue weighted by Gasteiger charge is -2.27. The van der Waals surface area contributed by atoms with Gasteiger partial charge in [0.2, 0.25) is 0 Å². The van der Waals surface area contributed by atoms with Gasteiger partial charge in [-0.1, -0.05) is 127 Å². The summed E-state index contributed by atoms with van der Waals surface area (Å²) in [6, 6.07) is 76.8. The van der Waals surface area contributed by atoms with Gasteiger partial charge in [0, 0.05) is 49.7 Å². The van der Waals surface area contributed by atoms with Gasteiger partial charge in [-0.2, -0.15) is 0 Å². The number of rotatable bonds is 6. The highest BCUT2D eigenvalue weighted by atomic mass is 15.1. The van der Waals surface area contributed by atoms with E-state index in [1.807, 2.05) is 0 Å².